The van der Waals surface area contributed by atoms with Crippen LogP contribution in [0.3, 0.4) is 0 Å². The van der Waals surface area contributed by atoms with Gasteiger partial charge in [-0.3, -0.25) is 4.79 Å². The Balaban J connectivity index is 2.57. The maximum absolute atomic E-state index is 10.9. The number of hydrogen-bond acceptors (Lipinski definition) is 5. The lowest BCUT2D eigenvalue weighted by molar-refractivity contribution is -0.136. The molecule has 0 atom stereocenters. The first-order valence-electron chi connectivity index (χ1n) is 5.95. The average molecular weight is 271 g/mol. The molecule has 102 valence electrons. The van der Waals surface area contributed by atoms with Gasteiger partial charge in [-0.1, -0.05) is 0 Å². The van der Waals surface area contributed by atoms with Crippen molar-refractivity contribution in [1.29, 1.82) is 5.26 Å². The minimum Gasteiger partial charge on any atom is -0.481 e. The third-order valence-corrected chi connectivity index (χ3v) is 2.92. The van der Waals surface area contributed by atoms with Crippen LogP contribution in [0.1, 0.15) is 28.3 Å². The summed E-state index contributed by atoms with van der Waals surface area (Å²) >= 11 is 0. The van der Waals surface area contributed by atoms with Gasteiger partial charge in [-0.2, -0.15) is 10.4 Å². The van der Waals surface area contributed by atoms with E-state index in [1.54, 1.807) is 26.8 Å². The van der Waals surface area contributed by atoms with E-state index in [2.05, 4.69) is 15.1 Å². The molecule has 0 amide bonds. The van der Waals surface area contributed by atoms with E-state index in [0.29, 0.717) is 22.6 Å². The number of carboxylic acid groups (broad SMARTS) is 1. The molecule has 0 saturated carbocycles. The van der Waals surface area contributed by atoms with Crippen LogP contribution >= 0.6 is 0 Å². The second kappa shape index (κ2) is 5.09. The van der Waals surface area contributed by atoms with E-state index < -0.39 is 5.97 Å². The number of nitriles is 1. The lowest BCUT2D eigenvalue weighted by atomic mass is 10.1. The molecule has 0 bridgehead atoms. The minimum atomic E-state index is -0.918. The van der Waals surface area contributed by atoms with Crippen LogP contribution < -0.4 is 0 Å². The summed E-state index contributed by atoms with van der Waals surface area (Å²) < 4.78 is 1.47. The van der Waals surface area contributed by atoms with Gasteiger partial charge in [0.25, 0.3) is 5.95 Å². The molecule has 0 unspecified atom stereocenters. The fourth-order valence-corrected chi connectivity index (χ4v) is 1.98. The monoisotopic (exact) mass is 271 g/mol. The molecule has 0 fully saturated rings. The molecule has 7 heteroatoms. The summed E-state index contributed by atoms with van der Waals surface area (Å²) in [5.74, 6) is -0.641. The molecule has 2 aromatic heterocycles. The number of nitrogens with zero attached hydrogens (tertiary/aromatic N) is 5. The summed E-state index contributed by atoms with van der Waals surface area (Å²) in [7, 11) is 0. The van der Waals surface area contributed by atoms with E-state index in [1.807, 2.05) is 6.07 Å². The van der Waals surface area contributed by atoms with Crippen LogP contribution in [-0.2, 0) is 11.2 Å². The normalized spacial score (nSPS) is 10.3. The highest BCUT2D eigenvalue weighted by Gasteiger charge is 2.17. The van der Waals surface area contributed by atoms with E-state index in [4.69, 9.17) is 10.4 Å². The quantitative estimate of drug-likeness (QED) is 0.895. The summed E-state index contributed by atoms with van der Waals surface area (Å²) in [4.78, 5) is 19.2. The largest absolute Gasteiger partial charge is 0.481 e. The number of aromatic nitrogens is 4. The molecular weight excluding hydrogens is 258 g/mol. The number of aliphatic carboxylic acids is 1. The summed E-state index contributed by atoms with van der Waals surface area (Å²) in [6.45, 7) is 5.26. The molecule has 0 aliphatic heterocycles. The summed E-state index contributed by atoms with van der Waals surface area (Å²) in [5.41, 5.74) is 2.83. The molecule has 0 aliphatic carbocycles. The Morgan fingerprint density at radius 3 is 2.70 bits per heavy atom. The van der Waals surface area contributed by atoms with Crippen molar-refractivity contribution in [2.24, 2.45) is 0 Å². The molecule has 2 aromatic rings. The average Bonchev–Trinajstić information content (AvgIpc) is 2.65. The molecule has 0 radical (unpaired) electrons. The fraction of sp³-hybridized carbons (Fsp3) is 0.308. The van der Waals surface area contributed by atoms with Crippen LogP contribution in [-0.4, -0.2) is 30.8 Å². The van der Waals surface area contributed by atoms with Crippen LogP contribution in [0.5, 0.6) is 0 Å². The lowest BCUT2D eigenvalue weighted by Crippen LogP contribution is -2.08. The van der Waals surface area contributed by atoms with Gasteiger partial charge in [-0.05, 0) is 26.8 Å². The van der Waals surface area contributed by atoms with Gasteiger partial charge in [0.1, 0.15) is 11.8 Å². The third kappa shape index (κ3) is 2.49. The summed E-state index contributed by atoms with van der Waals surface area (Å²) in [5, 5.41) is 22.1. The van der Waals surface area contributed by atoms with Crippen molar-refractivity contribution in [1.82, 2.24) is 19.7 Å². The second-order valence-electron chi connectivity index (χ2n) is 4.44. The number of carboxylic acids is 1. The predicted molar refractivity (Wildman–Crippen MR) is 69.4 cm³/mol. The summed E-state index contributed by atoms with van der Waals surface area (Å²) in [6.07, 6.45) is -0.103. The zero-order chi connectivity index (χ0) is 14.9. The highest BCUT2D eigenvalue weighted by Crippen LogP contribution is 2.17. The molecule has 0 aliphatic rings. The van der Waals surface area contributed by atoms with Gasteiger partial charge in [0.2, 0.25) is 0 Å². The van der Waals surface area contributed by atoms with Gasteiger partial charge in [0.05, 0.1) is 12.1 Å². The maximum atomic E-state index is 10.9. The van der Waals surface area contributed by atoms with Crippen LogP contribution in [0.15, 0.2) is 6.07 Å². The molecule has 0 spiro atoms. The van der Waals surface area contributed by atoms with E-state index in [0.717, 1.165) is 0 Å². The SMILES string of the molecule is Cc1cc(C#N)nc(-n2nc(C)c(CC(=O)O)c2C)n1. The lowest BCUT2D eigenvalue weighted by Gasteiger charge is -2.04. The van der Waals surface area contributed by atoms with Crippen molar-refractivity contribution >= 4 is 5.97 Å². The molecule has 0 aromatic carbocycles. The van der Waals surface area contributed by atoms with Gasteiger partial charge >= 0.3 is 5.97 Å². The second-order valence-corrected chi connectivity index (χ2v) is 4.44. The number of aryl methyl sites for hydroxylation is 2. The Labute approximate surface area is 115 Å². The molecule has 7 nitrogen and oxygen atoms in total. The van der Waals surface area contributed by atoms with Gasteiger partial charge in [0, 0.05) is 17.0 Å². The first-order chi connectivity index (χ1) is 9.42. The first kappa shape index (κ1) is 13.7. The number of rotatable bonds is 3. The highest BCUT2D eigenvalue weighted by atomic mass is 16.4. The van der Waals surface area contributed by atoms with Crippen LogP contribution in [0, 0.1) is 32.1 Å². The zero-order valence-electron chi connectivity index (χ0n) is 11.4. The maximum Gasteiger partial charge on any atom is 0.307 e. The Morgan fingerprint density at radius 2 is 2.10 bits per heavy atom. The smallest absolute Gasteiger partial charge is 0.307 e. The van der Waals surface area contributed by atoms with Crippen LogP contribution in [0.4, 0.5) is 0 Å². The Morgan fingerprint density at radius 1 is 1.40 bits per heavy atom. The Hall–Kier alpha value is -2.75. The molecule has 2 rings (SSSR count). The molecule has 1 N–H and O–H groups in total. The predicted octanol–water partition coefficient (Wildman–Crippen LogP) is 1.09. The topological polar surface area (TPSA) is 105 Å². The number of carbonyl (C=O) groups is 1. The first-order valence-corrected chi connectivity index (χ1v) is 5.95. The Kier molecular flexibility index (Phi) is 3.48. The van der Waals surface area contributed by atoms with Gasteiger partial charge in [-0.15, -0.1) is 0 Å². The standard InChI is InChI=1S/C13H13N5O2/c1-7-4-10(6-14)16-13(15-7)18-9(3)11(5-12(19)20)8(2)17-18/h4H,5H2,1-3H3,(H,19,20). The molecule has 0 saturated heterocycles. The van der Waals surface area contributed by atoms with Gasteiger partial charge < -0.3 is 5.11 Å². The van der Waals surface area contributed by atoms with Crippen LogP contribution in [0.25, 0.3) is 5.95 Å². The molecule has 2 heterocycles. The van der Waals surface area contributed by atoms with Crippen molar-refractivity contribution < 1.29 is 9.90 Å². The van der Waals surface area contributed by atoms with Crippen molar-refractivity contribution in [3.8, 4) is 12.0 Å². The van der Waals surface area contributed by atoms with Crippen LogP contribution in [0.2, 0.25) is 0 Å². The minimum absolute atomic E-state index is 0.103. The van der Waals surface area contributed by atoms with E-state index >= 15 is 0 Å². The van der Waals surface area contributed by atoms with Crippen molar-refractivity contribution in [2.45, 2.75) is 27.2 Å². The van der Waals surface area contributed by atoms with Crippen molar-refractivity contribution in [3.05, 3.63) is 34.4 Å². The van der Waals surface area contributed by atoms with E-state index in [9.17, 15) is 4.79 Å². The van der Waals surface area contributed by atoms with Crippen molar-refractivity contribution in [2.75, 3.05) is 0 Å². The van der Waals surface area contributed by atoms with Crippen molar-refractivity contribution in [3.63, 3.8) is 0 Å². The van der Waals surface area contributed by atoms with Gasteiger partial charge in [-0.25, -0.2) is 14.6 Å². The summed E-state index contributed by atoms with van der Waals surface area (Å²) in [6, 6.07) is 3.54. The molecule has 20 heavy (non-hydrogen) atoms. The van der Waals surface area contributed by atoms with E-state index in [-0.39, 0.29) is 18.1 Å². The zero-order valence-corrected chi connectivity index (χ0v) is 11.4. The Bertz CT molecular complexity index is 727. The third-order valence-electron chi connectivity index (χ3n) is 2.92. The fourth-order valence-electron chi connectivity index (χ4n) is 1.98. The molecular formula is C13H13N5O2. The highest BCUT2D eigenvalue weighted by molar-refractivity contribution is 5.71. The van der Waals surface area contributed by atoms with Gasteiger partial charge in [0.15, 0.2) is 0 Å². The number of hydrogen-bond donors (Lipinski definition) is 1. The van der Waals surface area contributed by atoms with E-state index in [1.165, 1.54) is 4.68 Å².